The Hall–Kier alpha value is -3.22. The minimum absolute atomic E-state index is 0.0305. The Morgan fingerprint density at radius 1 is 1.12 bits per heavy atom. The Bertz CT molecular complexity index is 1340. The van der Waals surface area contributed by atoms with Gasteiger partial charge in [-0.15, -0.1) is 0 Å². The van der Waals surface area contributed by atoms with Gasteiger partial charge >= 0.3 is 0 Å². The first kappa shape index (κ1) is 19.5. The van der Waals surface area contributed by atoms with Gasteiger partial charge in [-0.3, -0.25) is 14.7 Å². The standard InChI is InChI=1S/C26H25N3O3/c1-17-24(26(30)19-8-7-18-4-3-9-27-22(18)14-19)21-5-2-6-23-25(21)29(17)20(16-32-23)15-28-10-12-31-13-11-28/h2-9,14,20H,10-13,15-16H2,1H3. The summed E-state index contributed by atoms with van der Waals surface area (Å²) in [5.74, 6) is 0.881. The zero-order valence-electron chi connectivity index (χ0n) is 18.1. The summed E-state index contributed by atoms with van der Waals surface area (Å²) in [4.78, 5) is 20.6. The second-order valence-corrected chi connectivity index (χ2v) is 8.60. The number of morpholine rings is 1. The predicted molar refractivity (Wildman–Crippen MR) is 124 cm³/mol. The minimum atomic E-state index is 0.0305. The van der Waals surface area contributed by atoms with Crippen molar-refractivity contribution >= 4 is 27.6 Å². The molecule has 1 saturated heterocycles. The van der Waals surface area contributed by atoms with Crippen LogP contribution in [0.25, 0.3) is 21.8 Å². The fraction of sp³-hybridized carbons (Fsp3) is 0.308. The highest BCUT2D eigenvalue weighted by molar-refractivity contribution is 6.19. The molecule has 162 valence electrons. The summed E-state index contributed by atoms with van der Waals surface area (Å²) in [6, 6.07) is 15.9. The maximum atomic E-state index is 13.8. The van der Waals surface area contributed by atoms with Gasteiger partial charge < -0.3 is 14.0 Å². The third kappa shape index (κ3) is 3.10. The third-order valence-corrected chi connectivity index (χ3v) is 6.70. The SMILES string of the molecule is Cc1c(C(=O)c2ccc3cccnc3c2)c2cccc3c2n1C(CN1CCOCC1)CO3. The van der Waals surface area contributed by atoms with Gasteiger partial charge in [-0.05, 0) is 25.1 Å². The van der Waals surface area contributed by atoms with Gasteiger partial charge in [-0.1, -0.05) is 30.3 Å². The number of pyridine rings is 1. The van der Waals surface area contributed by atoms with Gasteiger partial charge in [0.15, 0.2) is 5.78 Å². The van der Waals surface area contributed by atoms with Gasteiger partial charge in [0.1, 0.15) is 12.4 Å². The van der Waals surface area contributed by atoms with E-state index in [9.17, 15) is 4.79 Å². The molecule has 4 heterocycles. The van der Waals surface area contributed by atoms with E-state index in [1.165, 1.54) is 0 Å². The van der Waals surface area contributed by atoms with Crippen LogP contribution < -0.4 is 4.74 Å². The van der Waals surface area contributed by atoms with Crippen molar-refractivity contribution < 1.29 is 14.3 Å². The minimum Gasteiger partial charge on any atom is -0.489 e. The zero-order chi connectivity index (χ0) is 21.7. The number of carbonyl (C=O) groups excluding carboxylic acids is 1. The molecular formula is C26H25N3O3. The molecular weight excluding hydrogens is 402 g/mol. The molecule has 0 amide bonds. The molecule has 2 aliphatic rings. The Labute approximate surface area is 186 Å². The number of ether oxygens (including phenoxy) is 2. The van der Waals surface area contributed by atoms with E-state index in [-0.39, 0.29) is 11.8 Å². The van der Waals surface area contributed by atoms with Crippen molar-refractivity contribution in [2.75, 3.05) is 39.5 Å². The van der Waals surface area contributed by atoms with Gasteiger partial charge in [-0.25, -0.2) is 0 Å². The number of benzene rings is 2. The molecule has 2 aromatic carbocycles. The second-order valence-electron chi connectivity index (χ2n) is 8.60. The number of aromatic nitrogens is 2. The third-order valence-electron chi connectivity index (χ3n) is 6.70. The van der Waals surface area contributed by atoms with Crippen LogP contribution in [-0.2, 0) is 4.74 Å². The number of carbonyl (C=O) groups is 1. The highest BCUT2D eigenvalue weighted by Gasteiger charge is 2.31. The summed E-state index contributed by atoms with van der Waals surface area (Å²) in [7, 11) is 0. The molecule has 2 aromatic heterocycles. The predicted octanol–water partition coefficient (Wildman–Crippen LogP) is 3.99. The number of para-hydroxylation sites is 1. The van der Waals surface area contributed by atoms with Crippen molar-refractivity contribution in [3.05, 3.63) is 71.5 Å². The van der Waals surface area contributed by atoms with Gasteiger partial charge in [0.2, 0.25) is 0 Å². The first-order chi connectivity index (χ1) is 15.7. The molecule has 0 radical (unpaired) electrons. The molecule has 4 aromatic rings. The summed E-state index contributed by atoms with van der Waals surface area (Å²) in [5.41, 5.74) is 4.28. The van der Waals surface area contributed by atoms with Crippen LogP contribution >= 0.6 is 0 Å². The van der Waals surface area contributed by atoms with Crippen molar-refractivity contribution in [3.8, 4) is 5.75 Å². The summed E-state index contributed by atoms with van der Waals surface area (Å²) < 4.78 is 14.0. The Morgan fingerprint density at radius 3 is 2.88 bits per heavy atom. The number of hydrogen-bond acceptors (Lipinski definition) is 5. The Balaban J connectivity index is 1.46. The topological polar surface area (TPSA) is 56.6 Å². The lowest BCUT2D eigenvalue weighted by Gasteiger charge is -2.34. The fourth-order valence-electron chi connectivity index (χ4n) is 5.14. The van der Waals surface area contributed by atoms with E-state index in [0.717, 1.165) is 71.7 Å². The van der Waals surface area contributed by atoms with Crippen molar-refractivity contribution in [3.63, 3.8) is 0 Å². The van der Waals surface area contributed by atoms with Crippen LogP contribution in [0.3, 0.4) is 0 Å². The monoisotopic (exact) mass is 427 g/mol. The number of hydrogen-bond donors (Lipinski definition) is 0. The molecule has 0 N–H and O–H groups in total. The van der Waals surface area contributed by atoms with E-state index in [4.69, 9.17) is 9.47 Å². The van der Waals surface area contributed by atoms with Gasteiger partial charge in [0.05, 0.1) is 35.9 Å². The molecule has 6 nitrogen and oxygen atoms in total. The van der Waals surface area contributed by atoms with E-state index < -0.39 is 0 Å². The summed E-state index contributed by atoms with van der Waals surface area (Å²) >= 11 is 0. The quantitative estimate of drug-likeness (QED) is 0.461. The lowest BCUT2D eigenvalue weighted by Crippen LogP contribution is -2.42. The zero-order valence-corrected chi connectivity index (χ0v) is 18.1. The molecule has 32 heavy (non-hydrogen) atoms. The average molecular weight is 428 g/mol. The number of ketones is 1. The van der Waals surface area contributed by atoms with E-state index in [1.54, 1.807) is 6.20 Å². The molecule has 1 unspecified atom stereocenters. The smallest absolute Gasteiger partial charge is 0.195 e. The van der Waals surface area contributed by atoms with Crippen LogP contribution in [0.2, 0.25) is 0 Å². The Morgan fingerprint density at radius 2 is 2.00 bits per heavy atom. The van der Waals surface area contributed by atoms with Crippen molar-refractivity contribution in [1.29, 1.82) is 0 Å². The first-order valence-electron chi connectivity index (χ1n) is 11.2. The second kappa shape index (κ2) is 7.73. The molecule has 1 atom stereocenters. The molecule has 0 spiro atoms. The highest BCUT2D eigenvalue weighted by atomic mass is 16.5. The summed E-state index contributed by atoms with van der Waals surface area (Å²) in [6.45, 7) is 6.94. The maximum Gasteiger partial charge on any atom is 0.195 e. The van der Waals surface area contributed by atoms with Crippen LogP contribution in [0, 0.1) is 6.92 Å². The van der Waals surface area contributed by atoms with Crippen LogP contribution in [0.5, 0.6) is 5.75 Å². The van der Waals surface area contributed by atoms with E-state index in [1.807, 2.05) is 48.5 Å². The highest BCUT2D eigenvalue weighted by Crippen LogP contribution is 2.39. The van der Waals surface area contributed by atoms with Gasteiger partial charge in [0.25, 0.3) is 0 Å². The van der Waals surface area contributed by atoms with Crippen LogP contribution in [0.4, 0.5) is 0 Å². The van der Waals surface area contributed by atoms with E-state index in [0.29, 0.717) is 12.2 Å². The molecule has 2 aliphatic heterocycles. The van der Waals surface area contributed by atoms with Crippen LogP contribution in [0.15, 0.2) is 54.7 Å². The number of nitrogens with zero attached hydrogens (tertiary/aromatic N) is 3. The lowest BCUT2D eigenvalue weighted by molar-refractivity contribution is 0.0272. The van der Waals surface area contributed by atoms with Crippen LogP contribution in [0.1, 0.15) is 27.7 Å². The molecule has 1 fully saturated rings. The Kier molecular flexibility index (Phi) is 4.70. The fourth-order valence-corrected chi connectivity index (χ4v) is 5.14. The summed E-state index contributed by atoms with van der Waals surface area (Å²) in [6.07, 6.45) is 1.76. The summed E-state index contributed by atoms with van der Waals surface area (Å²) in [5, 5.41) is 1.99. The molecule has 6 heteroatoms. The maximum absolute atomic E-state index is 13.8. The lowest BCUT2D eigenvalue weighted by atomic mass is 9.99. The normalized spacial score (nSPS) is 18.7. The van der Waals surface area contributed by atoms with E-state index >= 15 is 0 Å². The molecule has 0 aliphatic carbocycles. The van der Waals surface area contributed by atoms with Crippen LogP contribution in [-0.4, -0.2) is 59.7 Å². The molecule has 0 saturated carbocycles. The molecule has 6 rings (SSSR count). The van der Waals surface area contributed by atoms with Crippen molar-refractivity contribution in [1.82, 2.24) is 14.5 Å². The van der Waals surface area contributed by atoms with Crippen molar-refractivity contribution in [2.45, 2.75) is 13.0 Å². The number of fused-ring (bicyclic) bond motifs is 1. The number of rotatable bonds is 4. The van der Waals surface area contributed by atoms with Crippen molar-refractivity contribution in [2.24, 2.45) is 0 Å². The van der Waals surface area contributed by atoms with Gasteiger partial charge in [0, 0.05) is 47.9 Å². The molecule has 0 bridgehead atoms. The first-order valence-corrected chi connectivity index (χ1v) is 11.2. The largest absolute Gasteiger partial charge is 0.489 e. The average Bonchev–Trinajstić information content (AvgIpc) is 3.14. The van der Waals surface area contributed by atoms with E-state index in [2.05, 4.69) is 21.4 Å². The van der Waals surface area contributed by atoms with Gasteiger partial charge in [-0.2, -0.15) is 0 Å².